The van der Waals surface area contributed by atoms with E-state index in [-0.39, 0.29) is 84.3 Å². The molecule has 15 nitrogen and oxygen atoms in total. The first kappa shape index (κ1) is 106. The van der Waals surface area contributed by atoms with Crippen molar-refractivity contribution in [1.82, 2.24) is 60.1 Å². The number of azo groups is 2. The molecule has 24 rings (SSSR count). The van der Waals surface area contributed by atoms with Gasteiger partial charge in [0.25, 0.3) is 0 Å². The average Bonchev–Trinajstić information content (AvgIpc) is 1.56. The summed E-state index contributed by atoms with van der Waals surface area (Å²) in [5, 5.41) is 38.6. The van der Waals surface area contributed by atoms with Gasteiger partial charge in [0, 0.05) is 126 Å². The molecule has 7 aromatic heterocycles. The fraction of sp³-hybridized carbons (Fsp3) is 0.0476. The number of aromatic nitrogens is 12. The van der Waals surface area contributed by atoms with Gasteiger partial charge >= 0.3 is 0 Å². The van der Waals surface area contributed by atoms with Gasteiger partial charge in [-0.1, -0.05) is 254 Å². The predicted octanol–water partition coefficient (Wildman–Crippen LogP) is 29.2. The molecular formula is C126H95N14OPt4-11. The molecular weight excluding hydrogens is 2510 g/mol. The van der Waals surface area contributed by atoms with Crippen LogP contribution in [0, 0.1) is 76.2 Å². The molecule has 0 spiro atoms. The molecule has 726 valence electrons. The van der Waals surface area contributed by atoms with Crippen molar-refractivity contribution in [2.45, 2.75) is 40.7 Å². The first-order valence-corrected chi connectivity index (χ1v) is 46.2. The van der Waals surface area contributed by atoms with Crippen molar-refractivity contribution >= 4 is 5.69 Å². The third kappa shape index (κ3) is 29.9. The Morgan fingerprint density at radius 2 is 0.586 bits per heavy atom. The van der Waals surface area contributed by atoms with Crippen LogP contribution in [0.2, 0.25) is 0 Å². The van der Waals surface area contributed by atoms with Crippen molar-refractivity contribution in [3.8, 4) is 157 Å². The minimum atomic E-state index is 0. The van der Waals surface area contributed by atoms with Gasteiger partial charge in [0.15, 0.2) is 6.04 Å². The van der Waals surface area contributed by atoms with Crippen LogP contribution >= 0.6 is 0 Å². The van der Waals surface area contributed by atoms with Gasteiger partial charge in [-0.05, 0) is 123 Å². The van der Waals surface area contributed by atoms with Crippen LogP contribution in [0.5, 0.6) is 0 Å². The molecule has 0 fully saturated rings. The van der Waals surface area contributed by atoms with Crippen LogP contribution in [0.4, 0.5) is 5.69 Å². The van der Waals surface area contributed by atoms with Crippen LogP contribution in [0.1, 0.15) is 29.7 Å². The fourth-order valence-corrected chi connectivity index (χ4v) is 15.3. The number of benzene rings is 16. The Morgan fingerprint density at radius 1 is 0.290 bits per heavy atom. The molecule has 0 bridgehead atoms. The summed E-state index contributed by atoms with van der Waals surface area (Å²) in [6.45, 7) is 10.2. The van der Waals surface area contributed by atoms with Gasteiger partial charge in [0.05, 0.1) is 30.0 Å². The minimum Gasteiger partial charge on any atom is -0.707 e. The maximum absolute atomic E-state index is 5.08. The van der Waals surface area contributed by atoms with Crippen molar-refractivity contribution < 1.29 is 93.4 Å². The smallest absolute Gasteiger partial charge is 0.199 e. The number of hydrogen-bond donors (Lipinski definition) is 0. The fourth-order valence-electron chi connectivity index (χ4n) is 15.3. The first-order valence-electron chi connectivity index (χ1n) is 46.2. The van der Waals surface area contributed by atoms with Crippen LogP contribution < -0.4 is 20.3 Å². The normalized spacial score (nSPS) is 11.1. The molecule has 1 aliphatic heterocycles. The molecule has 19 heteroatoms. The van der Waals surface area contributed by atoms with E-state index >= 15 is 0 Å². The molecule has 0 N–H and O–H groups in total. The average molecular weight is 2600 g/mol. The maximum atomic E-state index is 5.08. The minimum absolute atomic E-state index is 0. The monoisotopic (exact) mass is 2600 g/mol. The Hall–Kier alpha value is -15.8. The Morgan fingerprint density at radius 3 is 0.869 bits per heavy atom. The molecule has 1 aliphatic rings. The second-order valence-corrected chi connectivity index (χ2v) is 32.5. The summed E-state index contributed by atoms with van der Waals surface area (Å²) in [4.78, 5) is 8.50. The van der Waals surface area contributed by atoms with Gasteiger partial charge in [-0.3, -0.25) is 14.3 Å². The van der Waals surface area contributed by atoms with E-state index in [0.29, 0.717) is 11.9 Å². The van der Waals surface area contributed by atoms with Crippen LogP contribution in [-0.2, 0) is 84.3 Å². The molecule has 23 aromatic rings. The van der Waals surface area contributed by atoms with Crippen LogP contribution in [0.25, 0.3) is 157 Å². The maximum Gasteiger partial charge on any atom is 0.199 e. The molecule has 0 amide bonds. The molecule has 1 atom stereocenters. The number of oxazole rings is 1. The van der Waals surface area contributed by atoms with Gasteiger partial charge in [-0.2, -0.15) is 105 Å². The quantitative estimate of drug-likeness (QED) is 0.0666. The zero-order valence-electron chi connectivity index (χ0n) is 79.6. The molecule has 0 saturated heterocycles. The summed E-state index contributed by atoms with van der Waals surface area (Å²) in [7, 11) is 0. The van der Waals surface area contributed by atoms with Crippen molar-refractivity contribution in [3.05, 3.63) is 551 Å². The van der Waals surface area contributed by atoms with E-state index < -0.39 is 0 Å². The third-order valence-electron chi connectivity index (χ3n) is 22.5. The number of nitrogens with zero attached hydrogens (tertiary/aromatic N) is 14. The van der Waals surface area contributed by atoms with Gasteiger partial charge in [0.1, 0.15) is 11.6 Å². The van der Waals surface area contributed by atoms with Crippen molar-refractivity contribution in [2.24, 2.45) is 5.11 Å². The molecule has 1 unspecified atom stereocenters. The Bertz CT molecular complexity index is 7030. The van der Waals surface area contributed by atoms with Crippen molar-refractivity contribution in [2.75, 3.05) is 0 Å². The summed E-state index contributed by atoms with van der Waals surface area (Å²) in [5.74, 6) is 0.616. The zero-order valence-corrected chi connectivity index (χ0v) is 88.7. The van der Waals surface area contributed by atoms with Crippen molar-refractivity contribution in [3.63, 3.8) is 0 Å². The second-order valence-electron chi connectivity index (χ2n) is 32.5. The van der Waals surface area contributed by atoms with Gasteiger partial charge < -0.3 is 40.0 Å². The summed E-state index contributed by atoms with van der Waals surface area (Å²) < 4.78 is 10.8. The van der Waals surface area contributed by atoms with Gasteiger partial charge in [-0.15, -0.1) is 181 Å². The first-order chi connectivity index (χ1) is 69.5. The van der Waals surface area contributed by atoms with Gasteiger partial charge in [0.2, 0.25) is 0 Å². The largest absolute Gasteiger partial charge is 0.707 e. The Balaban J connectivity index is 0.000000140. The standard InChI is InChI=1S/C22H15N.3C21H14N2.2C11H11N2.C10H10N2.C9H6NO.4Pt/c1-3-7-17(8-4-1)18-11-13-19(14-12-18)21-15-22(23-16-21)20-9-5-2-6-10-20;3*1-3-7-16(8-4-1)17-11-13-19(14-12-17)21-15-20(22-23-21)18-9-5-2-6-10-18;2*1-9-8-10(2)13(12-9)11-6-4-3-5-7-11;1-9-7-8-11-12(9)10-5-3-2-4-6-10;1-2-4-8(5-3-1)9-10-6-7-11-9;;;;/h1-9,11-16H;3*1-9,11-15H;2*3-6,8H,1-2H3;2-5,7-9H,1H3;1-4,6-7H;;;;/q4*-2;2*-1;;-1;;;;. The van der Waals surface area contributed by atoms with E-state index in [1.165, 1.54) is 50.1 Å². The zero-order chi connectivity index (χ0) is 96.4. The topological polar surface area (TPSA) is 172 Å². The molecule has 0 saturated carbocycles. The number of rotatable bonds is 16. The van der Waals surface area contributed by atoms with E-state index in [2.05, 4.69) is 330 Å². The summed E-state index contributed by atoms with van der Waals surface area (Å²) in [6.07, 6.45) is 8.98. The molecule has 0 radical (unpaired) electrons. The molecule has 16 aromatic carbocycles. The summed E-state index contributed by atoms with van der Waals surface area (Å²) in [6, 6.07) is 176. The number of aryl methyl sites for hydroxylation is 4. The van der Waals surface area contributed by atoms with Crippen LogP contribution in [0.15, 0.2) is 489 Å². The van der Waals surface area contributed by atoms with E-state index in [1.807, 2.05) is 291 Å². The molecule has 8 heterocycles. The summed E-state index contributed by atoms with van der Waals surface area (Å²) in [5.41, 5.74) is 33.6. The number of para-hydroxylation sites is 3. The molecule has 145 heavy (non-hydrogen) atoms. The van der Waals surface area contributed by atoms with Crippen LogP contribution in [0.3, 0.4) is 0 Å². The van der Waals surface area contributed by atoms with E-state index in [0.717, 1.165) is 130 Å². The van der Waals surface area contributed by atoms with E-state index in [4.69, 9.17) is 4.42 Å². The Kier molecular flexibility index (Phi) is 40.4. The summed E-state index contributed by atoms with van der Waals surface area (Å²) >= 11 is 0. The predicted molar refractivity (Wildman–Crippen MR) is 564 cm³/mol. The van der Waals surface area contributed by atoms with E-state index in [9.17, 15) is 0 Å². The molecule has 0 aliphatic carbocycles. The second kappa shape index (κ2) is 55.0. The van der Waals surface area contributed by atoms with Crippen molar-refractivity contribution in [1.29, 1.82) is 0 Å². The van der Waals surface area contributed by atoms with E-state index in [1.54, 1.807) is 12.5 Å². The number of hydrogen-bond acceptors (Lipinski definition) is 8. The third-order valence-corrected chi connectivity index (χ3v) is 22.5. The Labute approximate surface area is 905 Å². The van der Waals surface area contributed by atoms with Crippen LogP contribution in [-0.4, -0.2) is 50.6 Å². The SMILES string of the molecule is CC1C=CN=[N+]1c1[c-]cccc1.Cc1cc(C)n(-c2[c-]cccc2)n1.Cc1cc(C)n(-c2[c-]cccc2)n1.[Pt].[Pt].[Pt].[Pt].[c-]1ccccc1-c1cc(-c2ccc(-c3ccccc3)cc2)c[n-]1.[c-]1ccccc1-c1cc(-c2ccc(-c3ccccc3)cc2)n[n-]1.[c-]1ccccc1-c1cc(-c2ccc(-c3ccccc3)cc2)n[n-]1.[c-]1ccccc1-c1cc(-c2ccc(-c3ccccc3)cc2)n[n-]1.[c-]1ccccc1-c1ncco1. The van der Waals surface area contributed by atoms with Gasteiger partial charge in [-0.25, -0.2) is 22.8 Å².